The van der Waals surface area contributed by atoms with Crippen molar-refractivity contribution < 1.29 is 9.18 Å². The molecular formula is C23H28FN3OS2. The number of fused-ring (bicyclic) bond motifs is 1. The highest BCUT2D eigenvalue weighted by molar-refractivity contribution is 8.00. The van der Waals surface area contributed by atoms with Crippen LogP contribution in [0.3, 0.4) is 0 Å². The molecule has 2 aromatic carbocycles. The van der Waals surface area contributed by atoms with Gasteiger partial charge < -0.3 is 4.90 Å². The summed E-state index contributed by atoms with van der Waals surface area (Å²) in [5.41, 5.74) is 2.19. The Labute approximate surface area is 186 Å². The van der Waals surface area contributed by atoms with E-state index >= 15 is 0 Å². The number of carbonyl (C=O) groups is 1. The van der Waals surface area contributed by atoms with Gasteiger partial charge in [-0.05, 0) is 55.4 Å². The number of nitrogens with zero attached hydrogens (tertiary/aromatic N) is 3. The molecule has 0 saturated carbocycles. The number of para-hydroxylation sites is 1. The molecule has 0 spiro atoms. The number of anilines is 1. The molecule has 0 atom stereocenters. The first-order valence-corrected chi connectivity index (χ1v) is 12.1. The van der Waals surface area contributed by atoms with Crippen LogP contribution in [0.25, 0.3) is 10.2 Å². The van der Waals surface area contributed by atoms with Crippen LogP contribution in [0.1, 0.15) is 26.3 Å². The van der Waals surface area contributed by atoms with Crippen molar-refractivity contribution in [1.29, 1.82) is 0 Å². The highest BCUT2D eigenvalue weighted by Crippen LogP contribution is 2.32. The largest absolute Gasteiger partial charge is 0.302 e. The van der Waals surface area contributed by atoms with Gasteiger partial charge in [0.1, 0.15) is 5.82 Å². The molecule has 160 valence electrons. The van der Waals surface area contributed by atoms with E-state index in [2.05, 4.69) is 43.9 Å². The molecule has 30 heavy (non-hydrogen) atoms. The van der Waals surface area contributed by atoms with Crippen LogP contribution < -0.4 is 4.90 Å². The SMILES string of the molecule is CCc1cccc2sc(N(CCN(CC)CC)C(=O)CSc3ccc(F)cc3)nc12. The van der Waals surface area contributed by atoms with Gasteiger partial charge in [0.25, 0.3) is 0 Å². The summed E-state index contributed by atoms with van der Waals surface area (Å²) in [5.74, 6) is 0.0433. The average Bonchev–Trinajstić information content (AvgIpc) is 3.20. The molecule has 0 fully saturated rings. The Morgan fingerprint density at radius 1 is 1.07 bits per heavy atom. The highest BCUT2D eigenvalue weighted by Gasteiger charge is 2.21. The summed E-state index contributed by atoms with van der Waals surface area (Å²) in [7, 11) is 0. The topological polar surface area (TPSA) is 36.4 Å². The number of thiazole rings is 1. The monoisotopic (exact) mass is 445 g/mol. The van der Waals surface area contributed by atoms with E-state index in [1.54, 1.807) is 23.5 Å². The van der Waals surface area contributed by atoms with Crippen molar-refractivity contribution in [2.45, 2.75) is 32.1 Å². The zero-order valence-electron chi connectivity index (χ0n) is 17.7. The first kappa shape index (κ1) is 22.7. The minimum Gasteiger partial charge on any atom is -0.302 e. The Bertz CT molecular complexity index is 970. The summed E-state index contributed by atoms with van der Waals surface area (Å²) in [6.45, 7) is 9.68. The van der Waals surface area contributed by atoms with E-state index in [0.29, 0.717) is 12.3 Å². The average molecular weight is 446 g/mol. The van der Waals surface area contributed by atoms with E-state index < -0.39 is 0 Å². The highest BCUT2D eigenvalue weighted by atomic mass is 32.2. The van der Waals surface area contributed by atoms with Crippen LogP contribution in [0.2, 0.25) is 0 Å². The van der Waals surface area contributed by atoms with Crippen LogP contribution in [0.4, 0.5) is 9.52 Å². The molecule has 0 saturated heterocycles. The molecule has 7 heteroatoms. The van der Waals surface area contributed by atoms with Crippen molar-refractivity contribution in [3.05, 3.63) is 53.8 Å². The number of halogens is 1. The number of amides is 1. The van der Waals surface area contributed by atoms with Crippen LogP contribution in [-0.4, -0.2) is 47.7 Å². The minimum absolute atomic E-state index is 0.0218. The molecule has 1 amide bonds. The van der Waals surface area contributed by atoms with Crippen molar-refractivity contribution in [2.75, 3.05) is 36.8 Å². The van der Waals surface area contributed by atoms with Crippen molar-refractivity contribution >= 4 is 44.4 Å². The van der Waals surface area contributed by atoms with Gasteiger partial charge in [-0.15, -0.1) is 11.8 Å². The Balaban J connectivity index is 1.82. The van der Waals surface area contributed by atoms with Gasteiger partial charge in [-0.1, -0.05) is 44.2 Å². The summed E-state index contributed by atoms with van der Waals surface area (Å²) >= 11 is 3.00. The van der Waals surface area contributed by atoms with Crippen molar-refractivity contribution in [1.82, 2.24) is 9.88 Å². The third-order valence-corrected chi connectivity index (χ3v) is 7.15. The van der Waals surface area contributed by atoms with Crippen LogP contribution in [0.15, 0.2) is 47.4 Å². The summed E-state index contributed by atoms with van der Waals surface area (Å²) in [6.07, 6.45) is 0.911. The number of thioether (sulfide) groups is 1. The van der Waals surface area contributed by atoms with Gasteiger partial charge in [0.2, 0.25) is 5.91 Å². The van der Waals surface area contributed by atoms with E-state index in [-0.39, 0.29) is 11.7 Å². The Kier molecular flexibility index (Phi) is 8.24. The first-order chi connectivity index (χ1) is 14.5. The molecule has 0 bridgehead atoms. The maximum absolute atomic E-state index is 13.2. The maximum Gasteiger partial charge on any atom is 0.239 e. The molecule has 0 aliphatic rings. The van der Waals surface area contributed by atoms with Crippen LogP contribution in [-0.2, 0) is 11.2 Å². The number of benzene rings is 2. The number of hydrogen-bond acceptors (Lipinski definition) is 5. The Morgan fingerprint density at radius 2 is 1.80 bits per heavy atom. The van der Waals surface area contributed by atoms with Gasteiger partial charge >= 0.3 is 0 Å². The van der Waals surface area contributed by atoms with Gasteiger partial charge in [-0.3, -0.25) is 9.69 Å². The molecule has 0 N–H and O–H groups in total. The van der Waals surface area contributed by atoms with E-state index in [0.717, 1.165) is 46.3 Å². The lowest BCUT2D eigenvalue weighted by atomic mass is 10.1. The summed E-state index contributed by atoms with van der Waals surface area (Å²) in [6, 6.07) is 12.5. The standard InChI is InChI=1S/C23H28FN3OS2/c1-4-17-8-7-9-20-22(17)25-23(30-20)27(15-14-26(5-2)6-3)21(28)16-29-19-12-10-18(24)11-13-19/h7-13H,4-6,14-16H2,1-3H3. The molecule has 3 rings (SSSR count). The predicted octanol–water partition coefficient (Wildman–Crippen LogP) is 5.46. The molecular weight excluding hydrogens is 417 g/mol. The quantitative estimate of drug-likeness (QED) is 0.388. The molecule has 1 heterocycles. The molecule has 0 radical (unpaired) electrons. The second kappa shape index (κ2) is 10.9. The molecule has 4 nitrogen and oxygen atoms in total. The lowest BCUT2D eigenvalue weighted by Crippen LogP contribution is -2.39. The number of aromatic nitrogens is 1. The second-order valence-electron chi connectivity index (χ2n) is 6.93. The lowest BCUT2D eigenvalue weighted by Gasteiger charge is -2.24. The third-order valence-electron chi connectivity index (χ3n) is 5.11. The van der Waals surface area contributed by atoms with Crippen LogP contribution in [0, 0.1) is 5.82 Å². The van der Waals surface area contributed by atoms with Gasteiger partial charge in [0.05, 0.1) is 16.0 Å². The van der Waals surface area contributed by atoms with E-state index in [1.165, 1.54) is 29.5 Å². The predicted molar refractivity (Wildman–Crippen MR) is 126 cm³/mol. The van der Waals surface area contributed by atoms with E-state index in [4.69, 9.17) is 4.98 Å². The number of rotatable bonds is 10. The molecule has 0 aliphatic carbocycles. The number of aryl methyl sites for hydroxylation is 1. The fourth-order valence-electron chi connectivity index (χ4n) is 3.26. The third kappa shape index (κ3) is 5.59. The van der Waals surface area contributed by atoms with Crippen molar-refractivity contribution in [3.8, 4) is 0 Å². The molecule has 0 unspecified atom stereocenters. The second-order valence-corrected chi connectivity index (χ2v) is 8.99. The van der Waals surface area contributed by atoms with Crippen molar-refractivity contribution in [3.63, 3.8) is 0 Å². The fraction of sp³-hybridized carbons (Fsp3) is 0.391. The number of carbonyl (C=O) groups excluding carboxylic acids is 1. The summed E-state index contributed by atoms with van der Waals surface area (Å²) in [5, 5.41) is 0.753. The molecule has 1 aromatic heterocycles. The Morgan fingerprint density at radius 3 is 2.47 bits per heavy atom. The zero-order chi connectivity index (χ0) is 21.5. The number of likely N-dealkylation sites (N-methyl/N-ethyl adjacent to an activating group) is 1. The molecule has 0 aliphatic heterocycles. The Hall–Kier alpha value is -1.96. The van der Waals surface area contributed by atoms with Crippen molar-refractivity contribution in [2.24, 2.45) is 0 Å². The maximum atomic E-state index is 13.2. The van der Waals surface area contributed by atoms with Crippen LogP contribution in [0.5, 0.6) is 0 Å². The summed E-state index contributed by atoms with van der Waals surface area (Å²) < 4.78 is 14.3. The lowest BCUT2D eigenvalue weighted by molar-refractivity contribution is -0.116. The number of hydrogen-bond donors (Lipinski definition) is 0. The minimum atomic E-state index is -0.271. The van der Waals surface area contributed by atoms with E-state index in [1.807, 2.05) is 4.90 Å². The summed E-state index contributed by atoms with van der Waals surface area (Å²) in [4.78, 5) is 23.0. The van der Waals surface area contributed by atoms with Gasteiger partial charge in [-0.25, -0.2) is 9.37 Å². The smallest absolute Gasteiger partial charge is 0.239 e. The van der Waals surface area contributed by atoms with Gasteiger partial charge in [-0.2, -0.15) is 0 Å². The van der Waals surface area contributed by atoms with E-state index in [9.17, 15) is 9.18 Å². The van der Waals surface area contributed by atoms with Gasteiger partial charge in [0, 0.05) is 18.0 Å². The molecule has 3 aromatic rings. The fourth-order valence-corrected chi connectivity index (χ4v) is 5.09. The van der Waals surface area contributed by atoms with Gasteiger partial charge in [0.15, 0.2) is 5.13 Å². The van der Waals surface area contributed by atoms with Crippen LogP contribution >= 0.6 is 23.1 Å². The normalized spacial score (nSPS) is 11.4. The first-order valence-electron chi connectivity index (χ1n) is 10.3. The zero-order valence-corrected chi connectivity index (χ0v) is 19.4.